The van der Waals surface area contributed by atoms with Crippen molar-refractivity contribution in [2.24, 2.45) is 5.92 Å². The van der Waals surface area contributed by atoms with E-state index >= 15 is 0 Å². The van der Waals surface area contributed by atoms with Crippen LogP contribution in [0.1, 0.15) is 18.1 Å². The van der Waals surface area contributed by atoms with Crippen LogP contribution in [0.5, 0.6) is 0 Å². The predicted molar refractivity (Wildman–Crippen MR) is 59.6 cm³/mol. The van der Waals surface area contributed by atoms with Crippen LogP contribution in [0.3, 0.4) is 0 Å². The topological polar surface area (TPSA) is 42.7 Å². The van der Waals surface area contributed by atoms with Crippen molar-refractivity contribution in [2.45, 2.75) is 26.3 Å². The van der Waals surface area contributed by atoms with E-state index in [0.717, 1.165) is 43.6 Å². The fourth-order valence-corrected chi connectivity index (χ4v) is 2.09. The molecule has 1 N–H and O–H groups in total. The minimum absolute atomic E-state index is 0.720. The molecule has 1 saturated heterocycles. The Kier molecular flexibility index (Phi) is 3.16. The van der Waals surface area contributed by atoms with Crippen LogP contribution >= 0.6 is 0 Å². The molecule has 0 bridgehead atoms. The molecule has 0 amide bonds. The molecule has 1 aromatic rings. The second-order valence-electron chi connectivity index (χ2n) is 4.13. The fourth-order valence-electron chi connectivity index (χ4n) is 2.09. The van der Waals surface area contributed by atoms with Crippen LogP contribution in [0.15, 0.2) is 12.7 Å². The van der Waals surface area contributed by atoms with Gasteiger partial charge in [0.25, 0.3) is 0 Å². The molecular formula is C11H18N4. The number of hydrogen-bond acceptors (Lipinski definition) is 3. The van der Waals surface area contributed by atoms with E-state index in [9.17, 15) is 0 Å². The van der Waals surface area contributed by atoms with Crippen molar-refractivity contribution in [3.8, 4) is 0 Å². The first-order valence-corrected chi connectivity index (χ1v) is 5.51. The number of allylic oxidation sites excluding steroid dienone is 1. The van der Waals surface area contributed by atoms with Gasteiger partial charge in [0.2, 0.25) is 0 Å². The summed E-state index contributed by atoms with van der Waals surface area (Å²) in [5.41, 5.74) is 0. The van der Waals surface area contributed by atoms with Gasteiger partial charge < -0.3 is 9.88 Å². The summed E-state index contributed by atoms with van der Waals surface area (Å²) in [4.78, 5) is 0. The third-order valence-electron chi connectivity index (χ3n) is 2.96. The minimum Gasteiger partial charge on any atom is -0.316 e. The molecule has 0 aromatic carbocycles. The summed E-state index contributed by atoms with van der Waals surface area (Å²) >= 11 is 0. The lowest BCUT2D eigenvalue weighted by atomic mass is 10.0. The monoisotopic (exact) mass is 206 g/mol. The summed E-state index contributed by atoms with van der Waals surface area (Å²) < 4.78 is 2.14. The molecule has 2 heterocycles. The van der Waals surface area contributed by atoms with Gasteiger partial charge in [-0.2, -0.15) is 0 Å². The number of aryl methyl sites for hydroxylation is 1. The smallest absolute Gasteiger partial charge is 0.133 e. The highest BCUT2D eigenvalue weighted by Crippen LogP contribution is 2.14. The Bertz CT molecular complexity index is 336. The highest BCUT2D eigenvalue weighted by atomic mass is 15.3. The molecule has 0 saturated carbocycles. The lowest BCUT2D eigenvalue weighted by Gasteiger charge is -2.09. The lowest BCUT2D eigenvalue weighted by molar-refractivity contribution is 0.541. The van der Waals surface area contributed by atoms with E-state index in [1.807, 2.05) is 13.0 Å². The molecule has 15 heavy (non-hydrogen) atoms. The average Bonchev–Trinajstić information content (AvgIpc) is 2.83. The van der Waals surface area contributed by atoms with Crippen LogP contribution in [-0.4, -0.2) is 27.9 Å². The summed E-state index contributed by atoms with van der Waals surface area (Å²) in [6.45, 7) is 8.82. The Morgan fingerprint density at radius 3 is 3.13 bits per heavy atom. The van der Waals surface area contributed by atoms with E-state index in [-0.39, 0.29) is 0 Å². The van der Waals surface area contributed by atoms with E-state index in [0.29, 0.717) is 0 Å². The summed E-state index contributed by atoms with van der Waals surface area (Å²) in [5.74, 6) is 2.80. The zero-order valence-electron chi connectivity index (χ0n) is 9.24. The first-order chi connectivity index (χ1) is 7.31. The van der Waals surface area contributed by atoms with Crippen molar-refractivity contribution in [1.29, 1.82) is 0 Å². The highest BCUT2D eigenvalue weighted by molar-refractivity contribution is 4.98. The Hall–Kier alpha value is -1.16. The third-order valence-corrected chi connectivity index (χ3v) is 2.96. The summed E-state index contributed by atoms with van der Waals surface area (Å²) in [6, 6.07) is 0. The van der Waals surface area contributed by atoms with Gasteiger partial charge in [-0.1, -0.05) is 6.08 Å². The highest BCUT2D eigenvalue weighted by Gasteiger charge is 2.18. The van der Waals surface area contributed by atoms with Crippen LogP contribution in [0.2, 0.25) is 0 Å². The molecule has 4 nitrogen and oxygen atoms in total. The minimum atomic E-state index is 0.720. The molecule has 2 rings (SSSR count). The van der Waals surface area contributed by atoms with Crippen LogP contribution in [-0.2, 0) is 13.0 Å². The van der Waals surface area contributed by atoms with E-state index in [2.05, 4.69) is 26.7 Å². The largest absolute Gasteiger partial charge is 0.316 e. The molecule has 1 aromatic heterocycles. The van der Waals surface area contributed by atoms with Crippen LogP contribution in [0, 0.1) is 12.8 Å². The first kappa shape index (κ1) is 10.4. The second-order valence-corrected chi connectivity index (χ2v) is 4.13. The molecular weight excluding hydrogens is 188 g/mol. The number of aromatic nitrogens is 3. The van der Waals surface area contributed by atoms with Crippen molar-refractivity contribution >= 4 is 0 Å². The molecule has 4 heteroatoms. The Morgan fingerprint density at radius 2 is 2.47 bits per heavy atom. The zero-order chi connectivity index (χ0) is 10.7. The van der Waals surface area contributed by atoms with Gasteiger partial charge in [0, 0.05) is 13.0 Å². The molecule has 1 atom stereocenters. The van der Waals surface area contributed by atoms with Crippen molar-refractivity contribution in [2.75, 3.05) is 13.1 Å². The molecule has 1 fully saturated rings. The van der Waals surface area contributed by atoms with E-state index in [1.165, 1.54) is 6.42 Å². The quantitative estimate of drug-likeness (QED) is 0.745. The van der Waals surface area contributed by atoms with Gasteiger partial charge in [0.1, 0.15) is 11.6 Å². The van der Waals surface area contributed by atoms with Crippen molar-refractivity contribution in [1.82, 2.24) is 20.1 Å². The molecule has 1 aliphatic heterocycles. The maximum Gasteiger partial charge on any atom is 0.133 e. The maximum atomic E-state index is 4.24. The zero-order valence-corrected chi connectivity index (χ0v) is 9.24. The number of nitrogens with one attached hydrogen (secondary N) is 1. The summed E-state index contributed by atoms with van der Waals surface area (Å²) in [5, 5.41) is 11.7. The van der Waals surface area contributed by atoms with Crippen LogP contribution in [0.25, 0.3) is 0 Å². The van der Waals surface area contributed by atoms with Gasteiger partial charge in [-0.25, -0.2) is 0 Å². The van der Waals surface area contributed by atoms with Gasteiger partial charge in [-0.3, -0.25) is 0 Å². The number of nitrogens with zero attached hydrogens (tertiary/aromatic N) is 3. The molecule has 82 valence electrons. The van der Waals surface area contributed by atoms with Crippen LogP contribution < -0.4 is 5.32 Å². The summed E-state index contributed by atoms with van der Waals surface area (Å²) in [7, 11) is 0. The first-order valence-electron chi connectivity index (χ1n) is 5.51. The number of hydrogen-bond donors (Lipinski definition) is 1. The Labute approximate surface area is 90.4 Å². The number of rotatable bonds is 4. The van der Waals surface area contributed by atoms with Gasteiger partial charge >= 0.3 is 0 Å². The van der Waals surface area contributed by atoms with Crippen LogP contribution in [0.4, 0.5) is 0 Å². The predicted octanol–water partition coefficient (Wildman–Crippen LogP) is 0.925. The molecule has 1 aliphatic rings. The van der Waals surface area contributed by atoms with Crippen molar-refractivity contribution in [3.05, 3.63) is 24.3 Å². The van der Waals surface area contributed by atoms with Crippen molar-refractivity contribution < 1.29 is 0 Å². The van der Waals surface area contributed by atoms with E-state index in [4.69, 9.17) is 0 Å². The van der Waals surface area contributed by atoms with E-state index in [1.54, 1.807) is 0 Å². The summed E-state index contributed by atoms with van der Waals surface area (Å²) in [6.07, 6.45) is 4.18. The second kappa shape index (κ2) is 4.57. The SMILES string of the molecule is C=CCn1c(C)nnc1CC1CCNC1. The Morgan fingerprint density at radius 1 is 1.60 bits per heavy atom. The molecule has 0 spiro atoms. The molecule has 0 aliphatic carbocycles. The van der Waals surface area contributed by atoms with Gasteiger partial charge in [-0.05, 0) is 32.4 Å². The maximum absolute atomic E-state index is 4.24. The van der Waals surface area contributed by atoms with Gasteiger partial charge in [0.15, 0.2) is 0 Å². The Balaban J connectivity index is 2.08. The van der Waals surface area contributed by atoms with E-state index < -0.39 is 0 Å². The fraction of sp³-hybridized carbons (Fsp3) is 0.636. The van der Waals surface area contributed by atoms with Crippen molar-refractivity contribution in [3.63, 3.8) is 0 Å². The normalized spacial score (nSPS) is 20.7. The third kappa shape index (κ3) is 2.26. The lowest BCUT2D eigenvalue weighted by Crippen LogP contribution is -2.14. The van der Waals surface area contributed by atoms with Gasteiger partial charge in [0.05, 0.1) is 0 Å². The molecule has 0 radical (unpaired) electrons. The average molecular weight is 206 g/mol. The standard InChI is InChI=1S/C11H18N4/c1-3-6-15-9(2)13-14-11(15)7-10-4-5-12-8-10/h3,10,12H,1,4-8H2,2H3. The molecule has 1 unspecified atom stereocenters. The van der Waals surface area contributed by atoms with Gasteiger partial charge in [-0.15, -0.1) is 16.8 Å².